The van der Waals surface area contributed by atoms with Crippen molar-refractivity contribution < 1.29 is 14.3 Å². The van der Waals surface area contributed by atoms with Crippen LogP contribution in [-0.2, 0) is 14.3 Å². The highest BCUT2D eigenvalue weighted by Crippen LogP contribution is 2.20. The molecular weight excluding hydrogens is 270 g/mol. The number of carbonyl (C=O) groups excluding carboxylic acids is 2. The van der Waals surface area contributed by atoms with Crippen LogP contribution in [-0.4, -0.2) is 47.7 Å². The van der Waals surface area contributed by atoms with Crippen LogP contribution in [0.1, 0.15) is 47.5 Å². The molecule has 1 aliphatic heterocycles. The molecule has 2 unspecified atom stereocenters. The molecule has 1 aliphatic rings. The van der Waals surface area contributed by atoms with Crippen LogP contribution < -0.4 is 11.1 Å². The molecule has 1 saturated heterocycles. The van der Waals surface area contributed by atoms with Gasteiger partial charge < -0.3 is 15.8 Å². The van der Waals surface area contributed by atoms with Gasteiger partial charge in [0.15, 0.2) is 0 Å². The minimum absolute atomic E-state index is 0.163. The predicted octanol–water partition coefficient (Wildman–Crippen LogP) is 0.850. The molecule has 0 aromatic heterocycles. The Balaban J connectivity index is 2.43. The van der Waals surface area contributed by atoms with Crippen molar-refractivity contribution in [2.24, 2.45) is 11.7 Å². The number of likely N-dealkylation sites (tertiary alicyclic amines) is 1. The molecule has 21 heavy (non-hydrogen) atoms. The van der Waals surface area contributed by atoms with Gasteiger partial charge in [-0.1, -0.05) is 6.92 Å². The number of nitrogens with two attached hydrogens (primary N) is 1. The van der Waals surface area contributed by atoms with Gasteiger partial charge in [0.2, 0.25) is 11.8 Å². The largest absolute Gasteiger partial charge is 0.379 e. The molecule has 6 nitrogen and oxygen atoms in total. The fourth-order valence-electron chi connectivity index (χ4n) is 2.27. The van der Waals surface area contributed by atoms with Crippen LogP contribution >= 0.6 is 0 Å². The normalized spacial score (nSPS) is 21.5. The van der Waals surface area contributed by atoms with Crippen LogP contribution in [0.15, 0.2) is 0 Å². The molecule has 1 rings (SSSR count). The molecule has 0 saturated carbocycles. The lowest BCUT2D eigenvalue weighted by Gasteiger charge is -2.31. The number of hydrogen-bond donors (Lipinski definition) is 2. The Bertz CT molecular complexity index is 382. The van der Waals surface area contributed by atoms with Crippen molar-refractivity contribution in [2.45, 2.75) is 65.3 Å². The van der Waals surface area contributed by atoms with Crippen LogP contribution in [0.4, 0.5) is 0 Å². The summed E-state index contributed by atoms with van der Waals surface area (Å²) in [7, 11) is 0. The molecule has 0 aliphatic carbocycles. The number of amides is 2. The maximum Gasteiger partial charge on any atom is 0.233 e. The molecule has 1 heterocycles. The van der Waals surface area contributed by atoms with Gasteiger partial charge in [0.1, 0.15) is 6.17 Å². The van der Waals surface area contributed by atoms with Gasteiger partial charge in [-0.05, 0) is 34.1 Å². The molecule has 6 heteroatoms. The Labute approximate surface area is 127 Å². The summed E-state index contributed by atoms with van der Waals surface area (Å²) < 4.78 is 5.54. The molecular formula is C15H29N3O3. The van der Waals surface area contributed by atoms with Gasteiger partial charge in [0.05, 0.1) is 6.10 Å². The third kappa shape index (κ3) is 5.37. The van der Waals surface area contributed by atoms with E-state index in [0.717, 1.165) is 6.42 Å². The Morgan fingerprint density at radius 2 is 2.05 bits per heavy atom. The maximum absolute atomic E-state index is 11.9. The SMILES string of the molecule is CC(C)OCCC(C)(C)NCC(N)N1C(=O)CC(C)C1=O. The van der Waals surface area contributed by atoms with E-state index in [9.17, 15) is 9.59 Å². The Morgan fingerprint density at radius 1 is 1.43 bits per heavy atom. The first kappa shape index (κ1) is 18.1. The monoisotopic (exact) mass is 299 g/mol. The van der Waals surface area contributed by atoms with Crippen molar-refractivity contribution in [2.75, 3.05) is 13.2 Å². The third-order valence-corrected chi connectivity index (χ3v) is 3.71. The quantitative estimate of drug-likeness (QED) is 0.649. The van der Waals surface area contributed by atoms with Crippen LogP contribution in [0.5, 0.6) is 0 Å². The molecule has 2 atom stereocenters. The molecule has 122 valence electrons. The zero-order valence-corrected chi connectivity index (χ0v) is 13.8. The second-order valence-electron chi connectivity index (χ2n) is 6.71. The Kier molecular flexibility index (Phi) is 6.31. The average Bonchev–Trinajstić information content (AvgIpc) is 2.60. The van der Waals surface area contributed by atoms with E-state index >= 15 is 0 Å². The molecule has 0 radical (unpaired) electrons. The van der Waals surface area contributed by atoms with Crippen molar-refractivity contribution >= 4 is 11.8 Å². The van der Waals surface area contributed by atoms with Gasteiger partial charge in [0, 0.05) is 31.0 Å². The number of rotatable bonds is 8. The van der Waals surface area contributed by atoms with Crippen LogP contribution in [0.3, 0.4) is 0 Å². The van der Waals surface area contributed by atoms with Crippen molar-refractivity contribution in [3.8, 4) is 0 Å². The molecule has 0 spiro atoms. The van der Waals surface area contributed by atoms with E-state index in [1.54, 1.807) is 6.92 Å². The van der Waals surface area contributed by atoms with E-state index in [1.807, 2.05) is 13.8 Å². The molecule has 0 bridgehead atoms. The van der Waals surface area contributed by atoms with E-state index in [4.69, 9.17) is 10.5 Å². The maximum atomic E-state index is 11.9. The number of ether oxygens (including phenoxy) is 1. The highest BCUT2D eigenvalue weighted by atomic mass is 16.5. The standard InChI is InChI=1S/C15H29N3O3/c1-10(2)21-7-6-15(4,5)17-9-12(16)18-13(19)8-11(3)14(18)20/h10-12,17H,6-9,16H2,1-5H3. The minimum atomic E-state index is -0.611. The summed E-state index contributed by atoms with van der Waals surface area (Å²) in [6.07, 6.45) is 0.693. The summed E-state index contributed by atoms with van der Waals surface area (Å²) in [6.45, 7) is 10.9. The molecule has 2 amide bonds. The van der Waals surface area contributed by atoms with E-state index < -0.39 is 6.17 Å². The van der Waals surface area contributed by atoms with Crippen molar-refractivity contribution in [1.29, 1.82) is 0 Å². The lowest BCUT2D eigenvalue weighted by molar-refractivity contribution is -0.141. The smallest absolute Gasteiger partial charge is 0.233 e. The predicted molar refractivity (Wildman–Crippen MR) is 81.4 cm³/mol. The Hall–Kier alpha value is -0.980. The molecule has 0 aromatic carbocycles. The van der Waals surface area contributed by atoms with Crippen LogP contribution in [0.25, 0.3) is 0 Å². The summed E-state index contributed by atoms with van der Waals surface area (Å²) >= 11 is 0. The van der Waals surface area contributed by atoms with Crippen LogP contribution in [0, 0.1) is 5.92 Å². The number of imide groups is 1. The summed E-state index contributed by atoms with van der Waals surface area (Å²) in [5, 5.41) is 3.31. The highest BCUT2D eigenvalue weighted by molar-refractivity contribution is 6.03. The van der Waals surface area contributed by atoms with E-state index in [-0.39, 0.29) is 35.8 Å². The van der Waals surface area contributed by atoms with E-state index in [0.29, 0.717) is 13.2 Å². The zero-order valence-electron chi connectivity index (χ0n) is 13.8. The van der Waals surface area contributed by atoms with Gasteiger partial charge in [0.25, 0.3) is 0 Å². The number of carbonyl (C=O) groups is 2. The number of hydrogen-bond acceptors (Lipinski definition) is 5. The summed E-state index contributed by atoms with van der Waals surface area (Å²) in [5.74, 6) is -0.603. The van der Waals surface area contributed by atoms with Gasteiger partial charge in [-0.15, -0.1) is 0 Å². The summed E-state index contributed by atoms with van der Waals surface area (Å²) in [4.78, 5) is 24.9. The third-order valence-electron chi connectivity index (χ3n) is 3.71. The highest BCUT2D eigenvalue weighted by Gasteiger charge is 2.39. The summed E-state index contributed by atoms with van der Waals surface area (Å²) in [6, 6.07) is 0. The van der Waals surface area contributed by atoms with Gasteiger partial charge in [-0.25, -0.2) is 0 Å². The van der Waals surface area contributed by atoms with Gasteiger partial charge in [-0.3, -0.25) is 14.5 Å². The van der Waals surface area contributed by atoms with Crippen molar-refractivity contribution in [1.82, 2.24) is 10.2 Å². The topological polar surface area (TPSA) is 84.7 Å². The minimum Gasteiger partial charge on any atom is -0.379 e. The number of nitrogens with one attached hydrogen (secondary N) is 1. The fourth-order valence-corrected chi connectivity index (χ4v) is 2.27. The van der Waals surface area contributed by atoms with E-state index in [1.165, 1.54) is 4.90 Å². The van der Waals surface area contributed by atoms with Gasteiger partial charge in [-0.2, -0.15) is 0 Å². The second kappa shape index (κ2) is 7.33. The lowest BCUT2D eigenvalue weighted by atomic mass is 10.0. The Morgan fingerprint density at radius 3 is 2.52 bits per heavy atom. The first-order valence-electron chi connectivity index (χ1n) is 7.62. The average molecular weight is 299 g/mol. The number of nitrogens with zero attached hydrogens (tertiary/aromatic N) is 1. The lowest BCUT2D eigenvalue weighted by Crippen LogP contribution is -2.55. The van der Waals surface area contributed by atoms with E-state index in [2.05, 4.69) is 19.2 Å². The first-order valence-corrected chi connectivity index (χ1v) is 7.62. The van der Waals surface area contributed by atoms with Crippen LogP contribution in [0.2, 0.25) is 0 Å². The summed E-state index contributed by atoms with van der Waals surface area (Å²) in [5.41, 5.74) is 5.83. The fraction of sp³-hybridized carbons (Fsp3) is 0.867. The molecule has 1 fully saturated rings. The van der Waals surface area contributed by atoms with Crippen molar-refractivity contribution in [3.63, 3.8) is 0 Å². The molecule has 0 aromatic rings. The first-order chi connectivity index (χ1) is 9.64. The zero-order chi connectivity index (χ0) is 16.2. The molecule has 3 N–H and O–H groups in total. The second-order valence-corrected chi connectivity index (χ2v) is 6.71. The van der Waals surface area contributed by atoms with Gasteiger partial charge >= 0.3 is 0 Å². The van der Waals surface area contributed by atoms with Crippen molar-refractivity contribution in [3.05, 3.63) is 0 Å².